The highest BCUT2D eigenvalue weighted by Crippen LogP contribution is 2.27. The number of nitrogens with zero attached hydrogens (tertiary/aromatic N) is 2. The molecule has 0 spiro atoms. The van der Waals surface area contributed by atoms with Crippen LogP contribution in [0.2, 0.25) is 0 Å². The van der Waals surface area contributed by atoms with Crippen molar-refractivity contribution in [2.45, 2.75) is 33.8 Å². The van der Waals surface area contributed by atoms with E-state index in [1.807, 2.05) is 26.8 Å². The van der Waals surface area contributed by atoms with Crippen LogP contribution in [0, 0.1) is 20.8 Å². The van der Waals surface area contributed by atoms with Crippen molar-refractivity contribution in [3.63, 3.8) is 0 Å². The van der Waals surface area contributed by atoms with Crippen molar-refractivity contribution in [3.8, 4) is 11.5 Å². The molecule has 89 valence electrons. The van der Waals surface area contributed by atoms with Gasteiger partial charge in [0.05, 0.1) is 0 Å². The van der Waals surface area contributed by atoms with Gasteiger partial charge < -0.3 is 4.42 Å². The van der Waals surface area contributed by atoms with Gasteiger partial charge in [0.2, 0.25) is 11.8 Å². The van der Waals surface area contributed by atoms with Gasteiger partial charge in [-0.3, -0.25) is 0 Å². The van der Waals surface area contributed by atoms with Crippen LogP contribution in [0.1, 0.15) is 35.6 Å². The van der Waals surface area contributed by atoms with Crippen LogP contribution in [-0.4, -0.2) is 10.2 Å². The molecule has 0 saturated carbocycles. The van der Waals surface area contributed by atoms with Crippen LogP contribution < -0.4 is 0 Å². The van der Waals surface area contributed by atoms with Gasteiger partial charge in [0.15, 0.2) is 6.10 Å². The number of hydrogen-bond donors (Lipinski definition) is 0. The third kappa shape index (κ3) is 2.22. The Balaban J connectivity index is 2.52. The van der Waals surface area contributed by atoms with Crippen LogP contribution in [0.3, 0.4) is 0 Å². The molecule has 1 aromatic carbocycles. The molecule has 2 aromatic rings. The molecule has 0 N–H and O–H groups in total. The number of aryl methyl sites for hydroxylation is 2. The lowest BCUT2D eigenvalue weighted by molar-refractivity contribution is 0.0811. The fourth-order valence-electron chi connectivity index (χ4n) is 1.77. The van der Waals surface area contributed by atoms with Crippen molar-refractivity contribution < 1.29 is 9.52 Å². The Morgan fingerprint density at radius 3 is 2.47 bits per heavy atom. The summed E-state index contributed by atoms with van der Waals surface area (Å²) in [4.78, 5) is 0. The lowest BCUT2D eigenvalue weighted by Crippen LogP contribution is -1.89. The topological polar surface area (TPSA) is 58.8 Å². The highest BCUT2D eigenvalue weighted by molar-refractivity contribution is 5.61. The Labute approximate surface area is 100 Å². The summed E-state index contributed by atoms with van der Waals surface area (Å²) in [5.74, 6) is 0.561. The summed E-state index contributed by atoms with van der Waals surface area (Å²) in [6, 6.07) is 4.10. The molecule has 0 fully saturated rings. The first-order chi connectivity index (χ1) is 7.99. The minimum absolute atomic E-state index is 0.138. The highest BCUT2D eigenvalue weighted by atomic mass is 16.4. The summed E-state index contributed by atoms with van der Waals surface area (Å²) in [6.07, 6.45) is -0.984. The Morgan fingerprint density at radius 2 is 1.88 bits per heavy atom. The molecule has 4 heteroatoms. The third-order valence-corrected chi connectivity index (χ3v) is 2.83. The van der Waals surface area contributed by atoms with Gasteiger partial charge in [-0.05, 0) is 44.9 Å². The van der Waals surface area contributed by atoms with Crippen LogP contribution >= 0.6 is 0 Å². The molecular weight excluding hydrogens is 216 g/mol. The molecular formula is C13H15N2O2. The van der Waals surface area contributed by atoms with Crippen LogP contribution in [-0.2, 0) is 5.11 Å². The molecule has 0 aliphatic carbocycles. The second-order valence-corrected chi connectivity index (χ2v) is 4.34. The number of hydrogen-bond acceptors (Lipinski definition) is 3. The van der Waals surface area contributed by atoms with E-state index in [0.717, 1.165) is 16.7 Å². The van der Waals surface area contributed by atoms with E-state index >= 15 is 0 Å². The molecule has 1 unspecified atom stereocenters. The van der Waals surface area contributed by atoms with Crippen LogP contribution in [0.4, 0.5) is 0 Å². The molecule has 0 aliphatic heterocycles. The number of aromatic nitrogens is 2. The lowest BCUT2D eigenvalue weighted by Gasteiger charge is -2.06. The van der Waals surface area contributed by atoms with Gasteiger partial charge in [0.1, 0.15) is 0 Å². The zero-order chi connectivity index (χ0) is 12.6. The molecule has 1 heterocycles. The van der Waals surface area contributed by atoms with Gasteiger partial charge in [-0.25, -0.2) is 5.11 Å². The average Bonchev–Trinajstić information content (AvgIpc) is 2.72. The normalized spacial score (nSPS) is 12.8. The van der Waals surface area contributed by atoms with Crippen LogP contribution in [0.25, 0.3) is 11.5 Å². The van der Waals surface area contributed by atoms with Gasteiger partial charge in [-0.1, -0.05) is 11.6 Å². The SMILES string of the molecule is Cc1cc(C)c(C)c(-c2nnc(C(C)[O])o2)c1. The van der Waals surface area contributed by atoms with Crippen molar-refractivity contribution in [1.29, 1.82) is 0 Å². The Bertz CT molecular complexity index is 544. The van der Waals surface area contributed by atoms with Gasteiger partial charge in [0.25, 0.3) is 0 Å². The third-order valence-electron chi connectivity index (χ3n) is 2.83. The number of benzene rings is 1. The Kier molecular flexibility index (Phi) is 2.98. The molecule has 4 nitrogen and oxygen atoms in total. The van der Waals surface area contributed by atoms with E-state index < -0.39 is 6.10 Å². The molecule has 17 heavy (non-hydrogen) atoms. The molecule has 1 atom stereocenters. The summed E-state index contributed by atoms with van der Waals surface area (Å²) >= 11 is 0. The second kappa shape index (κ2) is 4.30. The van der Waals surface area contributed by atoms with Crippen LogP contribution in [0.15, 0.2) is 16.5 Å². The zero-order valence-corrected chi connectivity index (χ0v) is 10.4. The van der Waals surface area contributed by atoms with Crippen molar-refractivity contribution >= 4 is 0 Å². The summed E-state index contributed by atoms with van der Waals surface area (Å²) in [5, 5.41) is 18.9. The van der Waals surface area contributed by atoms with E-state index in [1.54, 1.807) is 0 Å². The Morgan fingerprint density at radius 1 is 1.18 bits per heavy atom. The van der Waals surface area contributed by atoms with Crippen molar-refractivity contribution in [2.24, 2.45) is 0 Å². The lowest BCUT2D eigenvalue weighted by atomic mass is 10.0. The monoisotopic (exact) mass is 231 g/mol. The summed E-state index contributed by atoms with van der Waals surface area (Å²) < 4.78 is 5.39. The maximum Gasteiger partial charge on any atom is 0.248 e. The van der Waals surface area contributed by atoms with Gasteiger partial charge in [-0.15, -0.1) is 10.2 Å². The largest absolute Gasteiger partial charge is 0.418 e. The van der Waals surface area contributed by atoms with Gasteiger partial charge in [0, 0.05) is 5.56 Å². The molecule has 1 aromatic heterocycles. The van der Waals surface area contributed by atoms with E-state index in [0.29, 0.717) is 5.89 Å². The van der Waals surface area contributed by atoms with E-state index in [4.69, 9.17) is 4.42 Å². The van der Waals surface area contributed by atoms with Crippen molar-refractivity contribution in [2.75, 3.05) is 0 Å². The van der Waals surface area contributed by atoms with Gasteiger partial charge in [-0.2, -0.15) is 0 Å². The molecule has 0 saturated heterocycles. The van der Waals surface area contributed by atoms with E-state index in [1.165, 1.54) is 12.5 Å². The van der Waals surface area contributed by atoms with Crippen molar-refractivity contribution in [1.82, 2.24) is 10.2 Å². The predicted octanol–water partition coefficient (Wildman–Crippen LogP) is 3.15. The van der Waals surface area contributed by atoms with Crippen molar-refractivity contribution in [3.05, 3.63) is 34.7 Å². The van der Waals surface area contributed by atoms with E-state index in [-0.39, 0.29) is 5.89 Å². The first-order valence-corrected chi connectivity index (χ1v) is 5.56. The molecule has 1 radical (unpaired) electrons. The fraction of sp³-hybridized carbons (Fsp3) is 0.385. The second-order valence-electron chi connectivity index (χ2n) is 4.34. The van der Waals surface area contributed by atoms with E-state index in [9.17, 15) is 5.11 Å². The minimum Gasteiger partial charge on any atom is -0.418 e. The summed E-state index contributed by atoms with van der Waals surface area (Å²) in [7, 11) is 0. The average molecular weight is 231 g/mol. The van der Waals surface area contributed by atoms with Gasteiger partial charge >= 0.3 is 0 Å². The predicted molar refractivity (Wildman–Crippen MR) is 63.0 cm³/mol. The standard InChI is InChI=1S/C13H15N2O2/c1-7-5-8(2)9(3)11(6-7)13-15-14-12(17-13)10(4)16/h5-6,10H,1-4H3. The highest BCUT2D eigenvalue weighted by Gasteiger charge is 2.15. The van der Waals surface area contributed by atoms with E-state index in [2.05, 4.69) is 16.3 Å². The maximum absolute atomic E-state index is 11.2. The maximum atomic E-state index is 11.2. The fourth-order valence-corrected chi connectivity index (χ4v) is 1.77. The Hall–Kier alpha value is -1.68. The zero-order valence-electron chi connectivity index (χ0n) is 10.4. The quantitative estimate of drug-likeness (QED) is 0.797. The van der Waals surface area contributed by atoms with Crippen LogP contribution in [0.5, 0.6) is 0 Å². The molecule has 0 amide bonds. The smallest absolute Gasteiger partial charge is 0.248 e. The summed E-state index contributed by atoms with van der Waals surface area (Å²) in [6.45, 7) is 7.56. The minimum atomic E-state index is -0.984. The molecule has 0 aliphatic rings. The first kappa shape index (κ1) is 11.8. The molecule has 0 bridgehead atoms. The molecule has 2 rings (SSSR count). The first-order valence-electron chi connectivity index (χ1n) is 5.56. The number of rotatable bonds is 2. The summed E-state index contributed by atoms with van der Waals surface area (Å²) in [5.41, 5.74) is 4.32.